The van der Waals surface area contributed by atoms with E-state index in [1.165, 1.54) is 36.7 Å². The van der Waals surface area contributed by atoms with E-state index in [4.69, 9.17) is 0 Å². The highest BCUT2D eigenvalue weighted by molar-refractivity contribution is 7.92. The summed E-state index contributed by atoms with van der Waals surface area (Å²) in [6.07, 6.45) is 2.40. The molecule has 0 amide bonds. The van der Waals surface area contributed by atoms with E-state index in [-0.39, 0.29) is 19.9 Å². The first-order valence-corrected chi connectivity index (χ1v) is 16.9. The lowest BCUT2D eigenvalue weighted by atomic mass is 10.0. The lowest BCUT2D eigenvalue weighted by Crippen LogP contribution is -1.95. The van der Waals surface area contributed by atoms with Gasteiger partial charge in [-0.15, -0.1) is 22.7 Å². The monoisotopic (exact) mass is 634 g/mol. The largest absolute Gasteiger partial charge is 0.507 e. The molecule has 0 atom stereocenters. The van der Waals surface area contributed by atoms with Crippen LogP contribution in [-0.4, -0.2) is 39.5 Å². The van der Waals surface area contributed by atoms with Crippen molar-refractivity contribution < 1.29 is 27.0 Å². The van der Waals surface area contributed by atoms with Crippen molar-refractivity contribution in [2.24, 2.45) is 8.80 Å². The highest BCUT2D eigenvalue weighted by Gasteiger charge is 2.15. The molecular formula is C30H22N2O6S4. The molecule has 12 heteroatoms. The summed E-state index contributed by atoms with van der Waals surface area (Å²) in [5, 5.41) is 26.6. The van der Waals surface area contributed by atoms with Gasteiger partial charge in [0.2, 0.25) is 0 Å². The van der Waals surface area contributed by atoms with E-state index in [2.05, 4.69) is 8.80 Å². The quantitative estimate of drug-likeness (QED) is 0.193. The average molecular weight is 635 g/mol. The minimum absolute atomic E-state index is 0.00108. The third-order valence-electron chi connectivity index (χ3n) is 6.04. The van der Waals surface area contributed by atoms with E-state index in [1.54, 1.807) is 35.0 Å². The first kappa shape index (κ1) is 29.1. The molecule has 4 aromatic carbocycles. The van der Waals surface area contributed by atoms with Gasteiger partial charge in [0.1, 0.15) is 19.9 Å². The minimum atomic E-state index is -3.72. The molecule has 0 unspecified atom stereocenters. The summed E-state index contributed by atoms with van der Waals surface area (Å²) >= 11 is 2.22. The Kier molecular flexibility index (Phi) is 8.50. The minimum Gasteiger partial charge on any atom is -0.507 e. The molecule has 0 spiro atoms. The summed E-state index contributed by atoms with van der Waals surface area (Å²) in [5.74, 6) is -0.00217. The third-order valence-corrected chi connectivity index (χ3v) is 11.3. The number of nitrogens with zero attached hydrogens (tertiary/aromatic N) is 2. The van der Waals surface area contributed by atoms with Crippen molar-refractivity contribution in [1.29, 1.82) is 0 Å². The zero-order valence-corrected chi connectivity index (χ0v) is 24.9. The van der Waals surface area contributed by atoms with Crippen LogP contribution in [-0.2, 0) is 20.0 Å². The molecule has 8 nitrogen and oxygen atoms in total. The van der Waals surface area contributed by atoms with E-state index < -0.39 is 20.0 Å². The van der Waals surface area contributed by atoms with Gasteiger partial charge in [-0.25, -0.2) is 0 Å². The highest BCUT2D eigenvalue weighted by Crippen LogP contribution is 2.28. The van der Waals surface area contributed by atoms with Crippen molar-refractivity contribution in [2.45, 2.75) is 8.42 Å². The van der Waals surface area contributed by atoms with Crippen LogP contribution < -0.4 is 0 Å². The Hall–Kier alpha value is -4.36. The van der Waals surface area contributed by atoms with Crippen LogP contribution in [0.25, 0.3) is 21.5 Å². The Morgan fingerprint density at radius 3 is 1.31 bits per heavy atom. The van der Waals surface area contributed by atoms with Crippen molar-refractivity contribution in [1.82, 2.24) is 0 Å². The topological polar surface area (TPSA) is 133 Å². The molecule has 0 saturated carbocycles. The van der Waals surface area contributed by atoms with Gasteiger partial charge in [-0.1, -0.05) is 72.8 Å². The smallest absolute Gasteiger partial charge is 0.291 e. The SMILES string of the molecule is O=S(=O)(N=Cc1c(O)ccc2ccccc12)c1cccs1.O=S(=O)(N=Cc1c(O)ccc2ccccc12)c1cccs1. The van der Waals surface area contributed by atoms with E-state index in [0.29, 0.717) is 11.1 Å². The number of thiophene rings is 2. The first-order chi connectivity index (χ1) is 20.2. The number of phenolic OH excluding ortho intramolecular Hbond substituents is 2. The predicted octanol–water partition coefficient (Wildman–Crippen LogP) is 6.83. The van der Waals surface area contributed by atoms with E-state index in [9.17, 15) is 27.0 Å². The van der Waals surface area contributed by atoms with Crippen LogP contribution in [0.1, 0.15) is 11.1 Å². The summed E-state index contributed by atoms with van der Waals surface area (Å²) in [6.45, 7) is 0. The molecule has 0 fully saturated rings. The van der Waals surface area contributed by atoms with Crippen LogP contribution in [0.3, 0.4) is 0 Å². The Morgan fingerprint density at radius 1 is 0.524 bits per heavy atom. The molecule has 6 rings (SSSR count). The third kappa shape index (κ3) is 6.42. The van der Waals surface area contributed by atoms with Gasteiger partial charge in [0.05, 0.1) is 12.4 Å². The highest BCUT2D eigenvalue weighted by atomic mass is 32.3. The van der Waals surface area contributed by atoms with Gasteiger partial charge in [0, 0.05) is 11.1 Å². The number of phenols is 2. The van der Waals surface area contributed by atoms with Crippen molar-refractivity contribution >= 4 is 76.7 Å². The summed E-state index contributed by atoms with van der Waals surface area (Å²) < 4.78 is 55.9. The Balaban J connectivity index is 0.000000168. The van der Waals surface area contributed by atoms with E-state index in [0.717, 1.165) is 44.2 Å². The molecule has 212 valence electrons. The van der Waals surface area contributed by atoms with Crippen LogP contribution in [0.15, 0.2) is 125 Å². The van der Waals surface area contributed by atoms with Gasteiger partial charge in [-0.2, -0.15) is 25.6 Å². The number of aromatic hydroxyl groups is 2. The normalized spacial score (nSPS) is 12.2. The predicted molar refractivity (Wildman–Crippen MR) is 169 cm³/mol. The molecule has 0 radical (unpaired) electrons. The fourth-order valence-corrected chi connectivity index (χ4v) is 7.67. The summed E-state index contributed by atoms with van der Waals surface area (Å²) in [4.78, 5) is 0. The van der Waals surface area contributed by atoms with Gasteiger partial charge in [0.25, 0.3) is 20.0 Å². The standard InChI is InChI=1S/2C15H11NO3S2/c2*17-14-8-7-11-4-1-2-5-12(11)13(14)10-16-21(18,19)15-6-3-9-20-15/h2*1-10,17H. The fraction of sp³-hybridized carbons (Fsp3) is 0. The number of sulfonamides is 2. The van der Waals surface area contributed by atoms with Crippen molar-refractivity contribution in [3.8, 4) is 11.5 Å². The maximum Gasteiger partial charge on any atom is 0.291 e. The molecule has 2 aromatic heterocycles. The Labute approximate surface area is 250 Å². The average Bonchev–Trinajstić information content (AvgIpc) is 3.73. The molecule has 42 heavy (non-hydrogen) atoms. The molecule has 6 aromatic rings. The van der Waals surface area contributed by atoms with Crippen LogP contribution in [0.4, 0.5) is 0 Å². The van der Waals surface area contributed by atoms with Gasteiger partial charge in [-0.3, -0.25) is 0 Å². The zero-order valence-electron chi connectivity index (χ0n) is 21.6. The van der Waals surface area contributed by atoms with E-state index >= 15 is 0 Å². The number of rotatable bonds is 6. The van der Waals surface area contributed by atoms with Crippen LogP contribution in [0, 0.1) is 0 Å². The summed E-state index contributed by atoms with van der Waals surface area (Å²) in [6, 6.07) is 27.7. The lowest BCUT2D eigenvalue weighted by molar-refractivity contribution is 0.475. The van der Waals surface area contributed by atoms with Gasteiger partial charge < -0.3 is 10.2 Å². The molecule has 0 bridgehead atoms. The van der Waals surface area contributed by atoms with Crippen molar-refractivity contribution in [3.63, 3.8) is 0 Å². The summed E-state index contributed by atoms with van der Waals surface area (Å²) in [5.41, 5.74) is 0.793. The van der Waals surface area contributed by atoms with Gasteiger partial charge in [-0.05, 0) is 56.6 Å². The molecule has 2 heterocycles. The molecule has 0 aliphatic carbocycles. The van der Waals surface area contributed by atoms with Crippen LogP contribution in [0.5, 0.6) is 11.5 Å². The maximum atomic E-state index is 12.0. The Morgan fingerprint density at radius 2 is 0.929 bits per heavy atom. The second kappa shape index (κ2) is 12.2. The van der Waals surface area contributed by atoms with Crippen molar-refractivity contribution in [2.75, 3.05) is 0 Å². The summed E-state index contributed by atoms with van der Waals surface area (Å²) in [7, 11) is -7.45. The number of hydrogen-bond donors (Lipinski definition) is 2. The second-order valence-corrected chi connectivity index (χ2v) is 14.3. The second-order valence-electron chi connectivity index (χ2n) is 8.72. The maximum absolute atomic E-state index is 12.0. The lowest BCUT2D eigenvalue weighted by Gasteiger charge is -2.04. The van der Waals surface area contributed by atoms with Crippen LogP contribution in [0.2, 0.25) is 0 Å². The molecule has 0 aliphatic rings. The first-order valence-electron chi connectivity index (χ1n) is 12.2. The van der Waals surface area contributed by atoms with Gasteiger partial charge in [0.15, 0.2) is 0 Å². The fourth-order valence-electron chi connectivity index (χ4n) is 4.01. The number of hydrogen-bond acceptors (Lipinski definition) is 8. The van der Waals surface area contributed by atoms with Crippen molar-refractivity contribution in [3.05, 3.63) is 119 Å². The molecule has 0 saturated heterocycles. The number of benzene rings is 4. The molecular weight excluding hydrogens is 613 g/mol. The van der Waals surface area contributed by atoms with Crippen LogP contribution >= 0.6 is 22.7 Å². The van der Waals surface area contributed by atoms with Gasteiger partial charge >= 0.3 is 0 Å². The molecule has 2 N–H and O–H groups in total. The van der Waals surface area contributed by atoms with E-state index in [1.807, 2.05) is 48.5 Å². The molecule has 0 aliphatic heterocycles. The number of fused-ring (bicyclic) bond motifs is 2. The zero-order chi connectivity index (χ0) is 29.7. The Bertz CT molecular complexity index is 1980.